The smallest absolute Gasteiger partial charge is 0.244 e. The van der Waals surface area contributed by atoms with Crippen LogP contribution in [0.25, 0.3) is 0 Å². The van der Waals surface area contributed by atoms with Gasteiger partial charge in [-0.05, 0) is 31.0 Å². The quantitative estimate of drug-likeness (QED) is 0.921. The molecule has 0 radical (unpaired) electrons. The van der Waals surface area contributed by atoms with Crippen molar-refractivity contribution >= 4 is 21.6 Å². The Kier molecular flexibility index (Phi) is 3.91. The molecule has 0 aliphatic carbocycles. The Morgan fingerprint density at radius 3 is 2.89 bits per heavy atom. The van der Waals surface area contributed by atoms with Gasteiger partial charge in [-0.25, -0.2) is 12.8 Å². The van der Waals surface area contributed by atoms with Gasteiger partial charge in [-0.2, -0.15) is 4.31 Å². The molecule has 1 aromatic carbocycles. The second-order valence-corrected chi connectivity index (χ2v) is 6.44. The number of hydrogen-bond donors (Lipinski definition) is 1. The van der Waals surface area contributed by atoms with Crippen LogP contribution in [0.3, 0.4) is 0 Å². The van der Waals surface area contributed by atoms with Crippen molar-refractivity contribution in [2.45, 2.75) is 23.8 Å². The molecule has 18 heavy (non-hydrogen) atoms. The maximum absolute atomic E-state index is 13.2. The molecule has 2 rings (SSSR count). The fourth-order valence-corrected chi connectivity index (χ4v) is 4.28. The Balaban J connectivity index is 2.45. The van der Waals surface area contributed by atoms with Crippen molar-refractivity contribution < 1.29 is 17.9 Å². The third-order valence-corrected chi connectivity index (χ3v) is 5.45. The molecule has 7 heteroatoms. The van der Waals surface area contributed by atoms with E-state index in [0.717, 1.165) is 12.1 Å². The van der Waals surface area contributed by atoms with Crippen LogP contribution in [0.2, 0.25) is 5.02 Å². The normalized spacial score (nSPS) is 21.4. The van der Waals surface area contributed by atoms with Crippen LogP contribution in [-0.2, 0) is 10.0 Å². The van der Waals surface area contributed by atoms with Crippen LogP contribution in [0.5, 0.6) is 0 Å². The molecule has 0 aromatic heterocycles. The first-order valence-corrected chi connectivity index (χ1v) is 7.36. The SMILES string of the molecule is O=S(=O)(c1cc(F)ccc1Cl)N1CCC[C@@H]1CO. The van der Waals surface area contributed by atoms with Gasteiger partial charge < -0.3 is 5.11 Å². The van der Waals surface area contributed by atoms with Gasteiger partial charge >= 0.3 is 0 Å². The Morgan fingerprint density at radius 1 is 1.50 bits per heavy atom. The van der Waals surface area contributed by atoms with Crippen LogP contribution < -0.4 is 0 Å². The van der Waals surface area contributed by atoms with Gasteiger partial charge in [0.1, 0.15) is 10.7 Å². The van der Waals surface area contributed by atoms with Crippen molar-refractivity contribution in [1.82, 2.24) is 4.31 Å². The molecule has 0 unspecified atom stereocenters. The summed E-state index contributed by atoms with van der Waals surface area (Å²) in [4.78, 5) is -0.246. The Labute approximate surface area is 110 Å². The number of halogens is 2. The summed E-state index contributed by atoms with van der Waals surface area (Å²) in [6, 6.07) is 2.78. The molecule has 0 bridgehead atoms. The molecule has 0 saturated carbocycles. The molecular weight excluding hydrogens is 281 g/mol. The molecule has 1 fully saturated rings. The van der Waals surface area contributed by atoms with Crippen LogP contribution in [0, 0.1) is 5.82 Å². The molecule has 1 N–H and O–H groups in total. The molecule has 1 aromatic rings. The van der Waals surface area contributed by atoms with Crippen molar-refractivity contribution in [3.63, 3.8) is 0 Å². The number of nitrogens with zero attached hydrogens (tertiary/aromatic N) is 1. The van der Waals surface area contributed by atoms with E-state index < -0.39 is 21.9 Å². The zero-order chi connectivity index (χ0) is 13.3. The average Bonchev–Trinajstić information content (AvgIpc) is 2.81. The first-order chi connectivity index (χ1) is 8.46. The van der Waals surface area contributed by atoms with Gasteiger partial charge in [-0.15, -0.1) is 0 Å². The van der Waals surface area contributed by atoms with Crippen LogP contribution in [0.4, 0.5) is 4.39 Å². The predicted octanol–water partition coefficient (Wildman–Crippen LogP) is 1.62. The van der Waals surface area contributed by atoms with E-state index in [4.69, 9.17) is 16.7 Å². The molecule has 0 spiro atoms. The highest BCUT2D eigenvalue weighted by Gasteiger charge is 2.36. The van der Waals surface area contributed by atoms with E-state index in [1.165, 1.54) is 10.4 Å². The highest BCUT2D eigenvalue weighted by Crippen LogP contribution is 2.30. The first kappa shape index (κ1) is 13.7. The van der Waals surface area contributed by atoms with Crippen LogP contribution >= 0.6 is 11.6 Å². The number of aliphatic hydroxyl groups excluding tert-OH is 1. The third-order valence-electron chi connectivity index (χ3n) is 3.01. The largest absolute Gasteiger partial charge is 0.395 e. The van der Waals surface area contributed by atoms with Crippen molar-refractivity contribution in [2.24, 2.45) is 0 Å². The van der Waals surface area contributed by atoms with Gasteiger partial charge in [-0.3, -0.25) is 0 Å². The number of sulfonamides is 1. The molecule has 1 heterocycles. The van der Waals surface area contributed by atoms with E-state index >= 15 is 0 Å². The molecule has 100 valence electrons. The predicted molar refractivity (Wildman–Crippen MR) is 65.4 cm³/mol. The topological polar surface area (TPSA) is 57.6 Å². The van der Waals surface area contributed by atoms with Gasteiger partial charge in [0.05, 0.1) is 11.6 Å². The number of hydrogen-bond acceptors (Lipinski definition) is 3. The summed E-state index contributed by atoms with van der Waals surface area (Å²) in [5.41, 5.74) is 0. The van der Waals surface area contributed by atoms with Crippen molar-refractivity contribution in [1.29, 1.82) is 0 Å². The highest BCUT2D eigenvalue weighted by atomic mass is 35.5. The van der Waals surface area contributed by atoms with E-state index in [-0.39, 0.29) is 16.5 Å². The standard InChI is InChI=1S/C11H13ClFNO3S/c12-10-4-3-8(13)6-11(10)18(16,17)14-5-1-2-9(14)7-15/h3-4,6,9,15H,1-2,5,7H2/t9-/m1/s1. The molecule has 1 atom stereocenters. The minimum absolute atomic E-state index is 0.0139. The van der Waals surface area contributed by atoms with Gasteiger partial charge in [0.25, 0.3) is 0 Å². The van der Waals surface area contributed by atoms with Gasteiger partial charge in [0, 0.05) is 12.6 Å². The minimum atomic E-state index is -3.85. The van der Waals surface area contributed by atoms with Crippen LogP contribution in [-0.4, -0.2) is 37.0 Å². The lowest BCUT2D eigenvalue weighted by atomic mass is 10.2. The second-order valence-electron chi connectivity index (χ2n) is 4.17. The first-order valence-electron chi connectivity index (χ1n) is 5.54. The number of aliphatic hydroxyl groups is 1. The minimum Gasteiger partial charge on any atom is -0.395 e. The molecule has 0 amide bonds. The summed E-state index contributed by atoms with van der Waals surface area (Å²) in [6.45, 7) is 0.0760. The lowest BCUT2D eigenvalue weighted by Crippen LogP contribution is -2.37. The summed E-state index contributed by atoms with van der Waals surface area (Å²) in [7, 11) is -3.85. The fraction of sp³-hybridized carbons (Fsp3) is 0.455. The lowest BCUT2D eigenvalue weighted by molar-refractivity contribution is 0.213. The molecule has 1 aliphatic rings. The molecule has 1 saturated heterocycles. The van der Waals surface area contributed by atoms with E-state index in [9.17, 15) is 12.8 Å². The van der Waals surface area contributed by atoms with E-state index in [0.29, 0.717) is 19.4 Å². The van der Waals surface area contributed by atoms with E-state index in [1.807, 2.05) is 0 Å². The molecular formula is C11H13ClFNO3S. The zero-order valence-corrected chi connectivity index (χ0v) is 11.1. The van der Waals surface area contributed by atoms with Crippen molar-refractivity contribution in [3.05, 3.63) is 29.0 Å². The Bertz CT molecular complexity index is 549. The maximum Gasteiger partial charge on any atom is 0.244 e. The molecule has 4 nitrogen and oxygen atoms in total. The fourth-order valence-electron chi connectivity index (χ4n) is 2.11. The average molecular weight is 294 g/mol. The van der Waals surface area contributed by atoms with E-state index in [2.05, 4.69) is 0 Å². The summed E-state index contributed by atoms with van der Waals surface area (Å²) in [6.07, 6.45) is 1.28. The maximum atomic E-state index is 13.2. The van der Waals surface area contributed by atoms with E-state index in [1.54, 1.807) is 0 Å². The summed E-state index contributed by atoms with van der Waals surface area (Å²) in [5.74, 6) is -0.655. The van der Waals surface area contributed by atoms with Gasteiger partial charge in [0.15, 0.2) is 0 Å². The zero-order valence-electron chi connectivity index (χ0n) is 9.51. The number of benzene rings is 1. The Hall–Kier alpha value is -0.690. The van der Waals surface area contributed by atoms with Gasteiger partial charge in [-0.1, -0.05) is 11.6 Å². The molecule has 1 aliphatic heterocycles. The number of rotatable bonds is 3. The van der Waals surface area contributed by atoms with Gasteiger partial charge in [0.2, 0.25) is 10.0 Å². The second kappa shape index (κ2) is 5.13. The van der Waals surface area contributed by atoms with Crippen molar-refractivity contribution in [2.75, 3.05) is 13.2 Å². The summed E-state index contributed by atoms with van der Waals surface area (Å²) in [5, 5.41) is 9.14. The van der Waals surface area contributed by atoms with Crippen LogP contribution in [0.1, 0.15) is 12.8 Å². The summed E-state index contributed by atoms with van der Waals surface area (Å²) >= 11 is 5.82. The van der Waals surface area contributed by atoms with Crippen molar-refractivity contribution in [3.8, 4) is 0 Å². The lowest BCUT2D eigenvalue weighted by Gasteiger charge is -2.22. The third kappa shape index (κ3) is 2.38. The van der Waals surface area contributed by atoms with Crippen LogP contribution in [0.15, 0.2) is 23.1 Å². The Morgan fingerprint density at radius 2 is 2.22 bits per heavy atom. The summed E-state index contributed by atoms with van der Waals surface area (Å²) < 4.78 is 39.0. The monoisotopic (exact) mass is 293 g/mol. The highest BCUT2D eigenvalue weighted by molar-refractivity contribution is 7.89.